The lowest BCUT2D eigenvalue weighted by molar-refractivity contribution is 0.217. The van der Waals surface area contributed by atoms with Gasteiger partial charge in [-0.25, -0.2) is 0 Å². The number of nitrogens with two attached hydrogens (primary N) is 1. The zero-order valence-electron chi connectivity index (χ0n) is 10.3. The number of rotatable bonds is 2. The van der Waals surface area contributed by atoms with Crippen LogP contribution in [0.1, 0.15) is 59.8 Å². The maximum absolute atomic E-state index is 6.31. The third-order valence-electron chi connectivity index (χ3n) is 4.54. The normalized spacial score (nSPS) is 44.8. The summed E-state index contributed by atoms with van der Waals surface area (Å²) in [5.41, 5.74) is 6.87. The van der Waals surface area contributed by atoms with E-state index in [1.807, 2.05) is 0 Å². The molecule has 1 rings (SSSR count). The average Bonchev–Trinajstić information content (AvgIpc) is 2.30. The first kappa shape index (κ1) is 12.0. The minimum atomic E-state index is 0.438. The van der Waals surface area contributed by atoms with E-state index < -0.39 is 0 Å². The second-order valence-corrected chi connectivity index (χ2v) is 5.63. The standard InChI is InChI=1S/C13H27N/c1-5-11-9-13(4,6-2)8-7-10(3)12(11)14/h10-12H,5-9,14H2,1-4H3. The van der Waals surface area contributed by atoms with E-state index in [9.17, 15) is 0 Å². The fourth-order valence-corrected chi connectivity index (χ4v) is 2.84. The average molecular weight is 197 g/mol. The van der Waals surface area contributed by atoms with Gasteiger partial charge in [-0.05, 0) is 36.5 Å². The Hall–Kier alpha value is -0.0400. The molecular formula is C13H27N. The molecule has 0 radical (unpaired) electrons. The van der Waals surface area contributed by atoms with Crippen LogP contribution < -0.4 is 5.73 Å². The molecule has 4 atom stereocenters. The predicted molar refractivity (Wildman–Crippen MR) is 63.2 cm³/mol. The van der Waals surface area contributed by atoms with Crippen molar-refractivity contribution in [3.05, 3.63) is 0 Å². The van der Waals surface area contributed by atoms with Crippen LogP contribution in [0.4, 0.5) is 0 Å². The van der Waals surface area contributed by atoms with Gasteiger partial charge in [0.2, 0.25) is 0 Å². The van der Waals surface area contributed by atoms with Crippen LogP contribution in [0, 0.1) is 17.3 Å². The van der Waals surface area contributed by atoms with E-state index in [1.165, 1.54) is 32.1 Å². The Balaban J connectivity index is 2.74. The van der Waals surface area contributed by atoms with Gasteiger partial charge in [0.05, 0.1) is 0 Å². The van der Waals surface area contributed by atoms with Crippen LogP contribution in [0.5, 0.6) is 0 Å². The van der Waals surface area contributed by atoms with E-state index in [-0.39, 0.29) is 0 Å². The van der Waals surface area contributed by atoms with Crippen molar-refractivity contribution in [2.45, 2.75) is 65.8 Å². The summed E-state index contributed by atoms with van der Waals surface area (Å²) in [6.45, 7) is 9.39. The van der Waals surface area contributed by atoms with Crippen molar-refractivity contribution in [3.63, 3.8) is 0 Å². The van der Waals surface area contributed by atoms with Crippen molar-refractivity contribution >= 4 is 0 Å². The largest absolute Gasteiger partial charge is 0.327 e. The highest BCUT2D eigenvalue weighted by Gasteiger charge is 2.34. The Labute approximate surface area is 89.5 Å². The molecule has 0 aromatic carbocycles. The molecule has 1 fully saturated rings. The second-order valence-electron chi connectivity index (χ2n) is 5.63. The Morgan fingerprint density at radius 3 is 2.50 bits per heavy atom. The zero-order chi connectivity index (χ0) is 10.8. The Kier molecular flexibility index (Phi) is 4.00. The predicted octanol–water partition coefficient (Wildman–Crippen LogP) is 3.58. The van der Waals surface area contributed by atoms with Crippen LogP contribution in [-0.2, 0) is 0 Å². The van der Waals surface area contributed by atoms with Gasteiger partial charge in [0.25, 0.3) is 0 Å². The first-order valence-electron chi connectivity index (χ1n) is 6.28. The quantitative estimate of drug-likeness (QED) is 0.673. The van der Waals surface area contributed by atoms with Crippen molar-refractivity contribution in [2.24, 2.45) is 23.0 Å². The number of hydrogen-bond acceptors (Lipinski definition) is 1. The third-order valence-corrected chi connectivity index (χ3v) is 4.54. The van der Waals surface area contributed by atoms with Crippen molar-refractivity contribution in [1.82, 2.24) is 0 Å². The first-order valence-corrected chi connectivity index (χ1v) is 6.28. The zero-order valence-corrected chi connectivity index (χ0v) is 10.3. The Bertz CT molecular complexity index is 178. The van der Waals surface area contributed by atoms with Gasteiger partial charge in [-0.3, -0.25) is 0 Å². The van der Waals surface area contributed by atoms with E-state index >= 15 is 0 Å². The molecular weight excluding hydrogens is 170 g/mol. The van der Waals surface area contributed by atoms with Crippen LogP contribution >= 0.6 is 0 Å². The lowest BCUT2D eigenvalue weighted by atomic mass is 9.76. The van der Waals surface area contributed by atoms with Crippen molar-refractivity contribution in [1.29, 1.82) is 0 Å². The summed E-state index contributed by atoms with van der Waals surface area (Å²) in [4.78, 5) is 0. The van der Waals surface area contributed by atoms with Gasteiger partial charge >= 0.3 is 0 Å². The highest BCUT2D eigenvalue weighted by atomic mass is 14.7. The monoisotopic (exact) mass is 197 g/mol. The van der Waals surface area contributed by atoms with E-state index in [0.29, 0.717) is 17.4 Å². The van der Waals surface area contributed by atoms with Crippen LogP contribution in [0.25, 0.3) is 0 Å². The van der Waals surface area contributed by atoms with Gasteiger partial charge in [0, 0.05) is 6.04 Å². The molecule has 0 saturated heterocycles. The second kappa shape index (κ2) is 4.65. The summed E-state index contributed by atoms with van der Waals surface area (Å²) < 4.78 is 0. The molecule has 1 saturated carbocycles. The molecule has 0 heterocycles. The van der Waals surface area contributed by atoms with Crippen molar-refractivity contribution in [2.75, 3.05) is 0 Å². The summed E-state index contributed by atoms with van der Waals surface area (Å²) in [5, 5.41) is 0. The molecule has 0 spiro atoms. The highest BCUT2D eigenvalue weighted by molar-refractivity contribution is 4.88. The van der Waals surface area contributed by atoms with Crippen molar-refractivity contribution < 1.29 is 0 Å². The minimum Gasteiger partial charge on any atom is -0.327 e. The summed E-state index contributed by atoms with van der Waals surface area (Å²) >= 11 is 0. The summed E-state index contributed by atoms with van der Waals surface area (Å²) in [6, 6.07) is 0.438. The first-order chi connectivity index (χ1) is 6.52. The molecule has 84 valence electrons. The molecule has 1 nitrogen and oxygen atoms in total. The van der Waals surface area contributed by atoms with Gasteiger partial charge in [-0.15, -0.1) is 0 Å². The minimum absolute atomic E-state index is 0.438. The van der Waals surface area contributed by atoms with E-state index in [4.69, 9.17) is 5.73 Å². The van der Waals surface area contributed by atoms with Gasteiger partial charge in [0.1, 0.15) is 0 Å². The Morgan fingerprint density at radius 2 is 2.00 bits per heavy atom. The molecule has 0 aromatic heterocycles. The summed E-state index contributed by atoms with van der Waals surface area (Å²) in [7, 11) is 0. The molecule has 0 bridgehead atoms. The third kappa shape index (κ3) is 2.50. The maximum Gasteiger partial charge on any atom is 0.00931 e. The molecule has 0 amide bonds. The van der Waals surface area contributed by atoms with Crippen LogP contribution in [0.2, 0.25) is 0 Å². The SMILES string of the molecule is CCC1CC(C)(CC)CCC(C)C1N. The lowest BCUT2D eigenvalue weighted by Gasteiger charge is -2.31. The van der Waals surface area contributed by atoms with Crippen LogP contribution in [-0.4, -0.2) is 6.04 Å². The topological polar surface area (TPSA) is 26.0 Å². The van der Waals surface area contributed by atoms with Gasteiger partial charge < -0.3 is 5.73 Å². The van der Waals surface area contributed by atoms with Crippen LogP contribution in [0.3, 0.4) is 0 Å². The molecule has 4 unspecified atom stereocenters. The van der Waals surface area contributed by atoms with Gasteiger partial charge in [-0.2, -0.15) is 0 Å². The maximum atomic E-state index is 6.31. The van der Waals surface area contributed by atoms with Gasteiger partial charge in [-0.1, -0.05) is 40.5 Å². The van der Waals surface area contributed by atoms with Crippen molar-refractivity contribution in [3.8, 4) is 0 Å². The Morgan fingerprint density at radius 1 is 1.36 bits per heavy atom. The summed E-state index contributed by atoms with van der Waals surface area (Å²) in [5.74, 6) is 1.46. The van der Waals surface area contributed by atoms with E-state index in [1.54, 1.807) is 0 Å². The van der Waals surface area contributed by atoms with E-state index in [0.717, 1.165) is 5.92 Å². The highest BCUT2D eigenvalue weighted by Crippen LogP contribution is 2.42. The summed E-state index contributed by atoms with van der Waals surface area (Å²) in [6.07, 6.45) is 6.59. The lowest BCUT2D eigenvalue weighted by Crippen LogP contribution is -2.35. The molecule has 0 aliphatic heterocycles. The van der Waals surface area contributed by atoms with Gasteiger partial charge in [0.15, 0.2) is 0 Å². The van der Waals surface area contributed by atoms with Crippen LogP contribution in [0.15, 0.2) is 0 Å². The molecule has 2 N–H and O–H groups in total. The fourth-order valence-electron chi connectivity index (χ4n) is 2.84. The van der Waals surface area contributed by atoms with E-state index in [2.05, 4.69) is 27.7 Å². The molecule has 0 aromatic rings. The number of hydrogen-bond donors (Lipinski definition) is 1. The fraction of sp³-hybridized carbons (Fsp3) is 1.00. The molecule has 1 aliphatic rings. The molecule has 1 heteroatoms. The molecule has 14 heavy (non-hydrogen) atoms. The smallest absolute Gasteiger partial charge is 0.00931 e. The molecule has 1 aliphatic carbocycles.